The molecule has 2 aromatic heterocycles. The molecule has 2 N–H and O–H groups in total. The number of aromatic amines is 1. The Morgan fingerprint density at radius 1 is 1.53 bits per heavy atom. The second kappa shape index (κ2) is 3.27. The van der Waals surface area contributed by atoms with Crippen LogP contribution in [-0.2, 0) is 0 Å². The largest absolute Gasteiger partial charge is 0.430 e. The molecule has 5 heteroatoms. The monoisotopic (exact) mass is 206 g/mol. The molecule has 0 unspecified atom stereocenters. The Labute approximate surface area is 85.1 Å². The Kier molecular flexibility index (Phi) is 2.07. The predicted molar refractivity (Wildman–Crippen MR) is 55.0 cm³/mol. The standard InChI is InChI=1S/C10H10N2O3/c1-5-3-6-8(12-5)7(9(13)11-2)4-15-10(6)14/h3-4,12H,1-2H3,(H,11,13). The van der Waals surface area contributed by atoms with E-state index in [0.29, 0.717) is 16.5 Å². The average Bonchev–Trinajstić information content (AvgIpc) is 2.60. The Hall–Kier alpha value is -2.04. The minimum Gasteiger partial charge on any atom is -0.430 e. The lowest BCUT2D eigenvalue weighted by molar-refractivity contribution is 0.0962. The summed E-state index contributed by atoms with van der Waals surface area (Å²) in [4.78, 5) is 25.8. The molecule has 0 radical (unpaired) electrons. The summed E-state index contributed by atoms with van der Waals surface area (Å²) in [5, 5.41) is 2.88. The third-order valence-corrected chi connectivity index (χ3v) is 2.20. The molecular weight excluding hydrogens is 196 g/mol. The van der Waals surface area contributed by atoms with E-state index in [1.54, 1.807) is 6.07 Å². The highest BCUT2D eigenvalue weighted by molar-refractivity contribution is 6.04. The molecular formula is C10H10N2O3. The van der Waals surface area contributed by atoms with Crippen LogP contribution in [0.4, 0.5) is 0 Å². The molecule has 0 aliphatic carbocycles. The van der Waals surface area contributed by atoms with E-state index in [9.17, 15) is 9.59 Å². The first-order valence-corrected chi connectivity index (χ1v) is 4.46. The number of hydrogen-bond acceptors (Lipinski definition) is 3. The van der Waals surface area contributed by atoms with E-state index in [2.05, 4.69) is 10.3 Å². The van der Waals surface area contributed by atoms with Crippen molar-refractivity contribution in [2.24, 2.45) is 0 Å². The van der Waals surface area contributed by atoms with Gasteiger partial charge in [0.1, 0.15) is 6.26 Å². The van der Waals surface area contributed by atoms with Gasteiger partial charge in [0.15, 0.2) is 0 Å². The zero-order valence-electron chi connectivity index (χ0n) is 8.38. The predicted octanol–water partition coefficient (Wildman–Crippen LogP) is 0.789. The van der Waals surface area contributed by atoms with Gasteiger partial charge in [0.05, 0.1) is 16.5 Å². The van der Waals surface area contributed by atoms with Crippen LogP contribution in [0.3, 0.4) is 0 Å². The van der Waals surface area contributed by atoms with Crippen LogP contribution in [0.25, 0.3) is 10.9 Å². The third kappa shape index (κ3) is 1.41. The van der Waals surface area contributed by atoms with Crippen LogP contribution in [0.2, 0.25) is 0 Å². The van der Waals surface area contributed by atoms with Crippen LogP contribution in [-0.4, -0.2) is 17.9 Å². The molecule has 0 aromatic carbocycles. The molecule has 2 aromatic rings. The van der Waals surface area contributed by atoms with E-state index < -0.39 is 5.63 Å². The van der Waals surface area contributed by atoms with Gasteiger partial charge in [-0.05, 0) is 13.0 Å². The highest BCUT2D eigenvalue weighted by Crippen LogP contribution is 2.15. The van der Waals surface area contributed by atoms with Crippen LogP contribution in [0.5, 0.6) is 0 Å². The Morgan fingerprint density at radius 2 is 2.27 bits per heavy atom. The number of carbonyl (C=O) groups is 1. The lowest BCUT2D eigenvalue weighted by Gasteiger charge is -1.99. The van der Waals surface area contributed by atoms with Crippen LogP contribution in [0.15, 0.2) is 21.5 Å². The van der Waals surface area contributed by atoms with Crippen molar-refractivity contribution in [3.05, 3.63) is 34.0 Å². The second-order valence-electron chi connectivity index (χ2n) is 3.26. The van der Waals surface area contributed by atoms with Crippen molar-refractivity contribution in [2.45, 2.75) is 6.92 Å². The number of amides is 1. The topological polar surface area (TPSA) is 75.1 Å². The molecule has 0 aliphatic heterocycles. The van der Waals surface area contributed by atoms with Crippen molar-refractivity contribution in [3.63, 3.8) is 0 Å². The first kappa shape index (κ1) is 9.51. The molecule has 0 bridgehead atoms. The lowest BCUT2D eigenvalue weighted by atomic mass is 10.2. The second-order valence-corrected chi connectivity index (χ2v) is 3.26. The molecule has 1 amide bonds. The number of H-pyrrole nitrogens is 1. The summed E-state index contributed by atoms with van der Waals surface area (Å²) in [5.41, 5.74) is 1.22. The number of carbonyl (C=O) groups excluding carboxylic acids is 1. The van der Waals surface area contributed by atoms with Crippen LogP contribution in [0, 0.1) is 6.92 Å². The van der Waals surface area contributed by atoms with E-state index >= 15 is 0 Å². The number of hydrogen-bond donors (Lipinski definition) is 2. The number of aromatic nitrogens is 1. The highest BCUT2D eigenvalue weighted by atomic mass is 16.4. The van der Waals surface area contributed by atoms with Gasteiger partial charge < -0.3 is 14.7 Å². The zero-order chi connectivity index (χ0) is 11.0. The average molecular weight is 206 g/mol. The van der Waals surface area contributed by atoms with Gasteiger partial charge in [0, 0.05) is 12.7 Å². The van der Waals surface area contributed by atoms with E-state index in [1.165, 1.54) is 13.3 Å². The normalized spacial score (nSPS) is 10.5. The maximum absolute atomic E-state index is 11.5. The fraction of sp³-hybridized carbons (Fsp3) is 0.200. The molecule has 0 atom stereocenters. The quantitative estimate of drug-likeness (QED) is 0.724. The van der Waals surface area contributed by atoms with E-state index in [4.69, 9.17) is 4.42 Å². The van der Waals surface area contributed by atoms with Gasteiger partial charge in [0.2, 0.25) is 0 Å². The van der Waals surface area contributed by atoms with Crippen molar-refractivity contribution >= 4 is 16.8 Å². The molecule has 0 fully saturated rings. The van der Waals surface area contributed by atoms with E-state index in [0.717, 1.165) is 5.69 Å². The summed E-state index contributed by atoms with van der Waals surface area (Å²) in [6.07, 6.45) is 1.17. The molecule has 2 rings (SSSR count). The Morgan fingerprint density at radius 3 is 2.93 bits per heavy atom. The molecule has 0 aliphatic rings. The minimum absolute atomic E-state index is 0.286. The third-order valence-electron chi connectivity index (χ3n) is 2.20. The summed E-state index contributed by atoms with van der Waals surface area (Å²) in [5.74, 6) is -0.286. The van der Waals surface area contributed by atoms with Gasteiger partial charge in [-0.25, -0.2) is 4.79 Å². The summed E-state index contributed by atoms with van der Waals surface area (Å²) >= 11 is 0. The fourth-order valence-corrected chi connectivity index (χ4v) is 1.50. The number of nitrogens with one attached hydrogen (secondary N) is 2. The molecule has 0 saturated heterocycles. The van der Waals surface area contributed by atoms with Gasteiger partial charge in [-0.2, -0.15) is 0 Å². The Bertz CT molecular complexity index is 580. The van der Waals surface area contributed by atoms with Gasteiger partial charge in [-0.1, -0.05) is 0 Å². The van der Waals surface area contributed by atoms with Gasteiger partial charge in [-0.3, -0.25) is 4.79 Å². The van der Waals surface area contributed by atoms with E-state index in [1.807, 2.05) is 6.92 Å². The highest BCUT2D eigenvalue weighted by Gasteiger charge is 2.13. The molecule has 78 valence electrons. The summed E-state index contributed by atoms with van der Waals surface area (Å²) < 4.78 is 4.77. The first-order chi connectivity index (χ1) is 7.13. The zero-order valence-corrected chi connectivity index (χ0v) is 8.38. The van der Waals surface area contributed by atoms with Gasteiger partial charge >= 0.3 is 5.63 Å². The van der Waals surface area contributed by atoms with Crippen molar-refractivity contribution in [1.29, 1.82) is 0 Å². The summed E-state index contributed by atoms with van der Waals surface area (Å²) in [7, 11) is 1.52. The summed E-state index contributed by atoms with van der Waals surface area (Å²) in [6, 6.07) is 1.66. The minimum atomic E-state index is -0.443. The first-order valence-electron chi connectivity index (χ1n) is 4.46. The SMILES string of the molecule is CNC(=O)c1coc(=O)c2cc(C)[nH]c12. The number of rotatable bonds is 1. The van der Waals surface area contributed by atoms with Crippen molar-refractivity contribution < 1.29 is 9.21 Å². The number of aryl methyl sites for hydroxylation is 1. The lowest BCUT2D eigenvalue weighted by Crippen LogP contribution is -2.19. The van der Waals surface area contributed by atoms with Gasteiger partial charge in [0.25, 0.3) is 5.91 Å². The summed E-state index contributed by atoms with van der Waals surface area (Å²) in [6.45, 7) is 1.81. The molecule has 5 nitrogen and oxygen atoms in total. The maximum atomic E-state index is 11.5. The van der Waals surface area contributed by atoms with Crippen molar-refractivity contribution in [3.8, 4) is 0 Å². The smallest absolute Gasteiger partial charge is 0.345 e. The van der Waals surface area contributed by atoms with Gasteiger partial charge in [-0.15, -0.1) is 0 Å². The maximum Gasteiger partial charge on any atom is 0.345 e. The van der Waals surface area contributed by atoms with Crippen LogP contribution >= 0.6 is 0 Å². The molecule has 0 spiro atoms. The van der Waals surface area contributed by atoms with Crippen molar-refractivity contribution in [2.75, 3.05) is 7.05 Å². The number of fused-ring (bicyclic) bond motifs is 1. The van der Waals surface area contributed by atoms with Crippen LogP contribution in [0.1, 0.15) is 16.1 Å². The van der Waals surface area contributed by atoms with Crippen molar-refractivity contribution in [1.82, 2.24) is 10.3 Å². The molecule has 0 saturated carbocycles. The molecule has 2 heterocycles. The molecule has 15 heavy (non-hydrogen) atoms. The Balaban J connectivity index is 2.82. The van der Waals surface area contributed by atoms with E-state index in [-0.39, 0.29) is 5.91 Å². The van der Waals surface area contributed by atoms with Crippen LogP contribution < -0.4 is 10.9 Å². The fourth-order valence-electron chi connectivity index (χ4n) is 1.50.